The van der Waals surface area contributed by atoms with Crippen molar-refractivity contribution in [1.29, 1.82) is 0 Å². The fourth-order valence-corrected chi connectivity index (χ4v) is 3.32. The van der Waals surface area contributed by atoms with E-state index in [-0.39, 0.29) is 0 Å². The van der Waals surface area contributed by atoms with E-state index in [4.69, 9.17) is 0 Å². The van der Waals surface area contributed by atoms with Crippen LogP contribution in [0.2, 0.25) is 0 Å². The van der Waals surface area contributed by atoms with E-state index in [1.54, 1.807) is 11.3 Å². The summed E-state index contributed by atoms with van der Waals surface area (Å²) in [6, 6.07) is 4.85. The fraction of sp³-hybridized carbons (Fsp3) is 0.308. The average Bonchev–Trinajstić information content (AvgIpc) is 2.88. The van der Waals surface area contributed by atoms with Gasteiger partial charge in [-0.15, -0.1) is 11.3 Å². The highest BCUT2D eigenvalue weighted by Crippen LogP contribution is 2.35. The second-order valence-electron chi connectivity index (χ2n) is 4.32. The molecule has 2 aromatic rings. The summed E-state index contributed by atoms with van der Waals surface area (Å²) in [6.45, 7) is 0.962. The number of carbonyl (C=O) groups excluding carboxylic acids is 1. The number of hydrogen-bond acceptors (Lipinski definition) is 4. The van der Waals surface area contributed by atoms with Crippen molar-refractivity contribution in [2.45, 2.75) is 25.4 Å². The lowest BCUT2D eigenvalue weighted by Gasteiger charge is -2.22. The minimum atomic E-state index is 0.670. The number of nitrogens with zero attached hydrogens (tertiary/aromatic N) is 1. The zero-order valence-corrected chi connectivity index (χ0v) is 11.0. The van der Waals surface area contributed by atoms with Gasteiger partial charge in [0.2, 0.25) is 0 Å². The Kier molecular flexibility index (Phi) is 2.99. The van der Waals surface area contributed by atoms with Crippen LogP contribution in [0.15, 0.2) is 28.3 Å². The van der Waals surface area contributed by atoms with Crippen LogP contribution in [0.25, 0.3) is 0 Å². The first-order valence-corrected chi connectivity index (χ1v) is 7.50. The van der Waals surface area contributed by atoms with Gasteiger partial charge in [-0.25, -0.2) is 0 Å². The lowest BCUT2D eigenvalue weighted by molar-refractivity contribution is 0.112. The molecule has 1 saturated carbocycles. The van der Waals surface area contributed by atoms with Gasteiger partial charge in [0.1, 0.15) is 0 Å². The highest BCUT2D eigenvalue weighted by Gasteiger charge is 2.29. The number of hydrogen-bond donors (Lipinski definition) is 0. The molecule has 2 nitrogen and oxygen atoms in total. The minimum Gasteiger partial charge on any atom is -0.363 e. The van der Waals surface area contributed by atoms with Crippen LogP contribution < -0.4 is 4.90 Å². The molecule has 0 spiro atoms. The van der Waals surface area contributed by atoms with Crippen LogP contribution in [0.5, 0.6) is 0 Å². The normalized spacial score (nSPS) is 14.8. The molecule has 0 saturated heterocycles. The highest BCUT2D eigenvalue weighted by atomic mass is 32.1. The van der Waals surface area contributed by atoms with Crippen molar-refractivity contribution < 1.29 is 4.79 Å². The van der Waals surface area contributed by atoms with Crippen LogP contribution in [-0.2, 0) is 6.54 Å². The van der Waals surface area contributed by atoms with Crippen molar-refractivity contribution >= 4 is 34.6 Å². The van der Waals surface area contributed by atoms with Gasteiger partial charge >= 0.3 is 0 Å². The number of carbonyl (C=O) groups is 1. The monoisotopic (exact) mass is 263 g/mol. The molecule has 1 aliphatic rings. The van der Waals surface area contributed by atoms with E-state index in [0.717, 1.165) is 17.7 Å². The third-order valence-corrected chi connectivity index (χ3v) is 4.55. The molecular weight excluding hydrogens is 250 g/mol. The zero-order valence-electron chi connectivity index (χ0n) is 9.33. The summed E-state index contributed by atoms with van der Waals surface area (Å²) in [5.41, 5.74) is 2.56. The smallest absolute Gasteiger partial charge is 0.160 e. The second kappa shape index (κ2) is 4.63. The molecule has 0 bridgehead atoms. The Balaban J connectivity index is 1.82. The molecule has 0 radical (unpaired) electrons. The molecule has 0 amide bonds. The molecule has 2 aromatic heterocycles. The van der Waals surface area contributed by atoms with E-state index >= 15 is 0 Å². The summed E-state index contributed by atoms with van der Waals surface area (Å²) in [5.74, 6) is 0. The van der Waals surface area contributed by atoms with E-state index in [2.05, 4.69) is 27.1 Å². The lowest BCUT2D eigenvalue weighted by Crippen LogP contribution is -2.24. The molecule has 4 heteroatoms. The molecule has 2 heterocycles. The minimum absolute atomic E-state index is 0.670. The maximum absolute atomic E-state index is 10.7. The van der Waals surface area contributed by atoms with Crippen LogP contribution >= 0.6 is 22.7 Å². The lowest BCUT2D eigenvalue weighted by atomic mass is 10.3. The first kappa shape index (κ1) is 11.0. The summed E-state index contributed by atoms with van der Waals surface area (Å²) in [7, 11) is 0. The zero-order chi connectivity index (χ0) is 11.7. The topological polar surface area (TPSA) is 20.3 Å². The van der Waals surface area contributed by atoms with Gasteiger partial charge in [0, 0.05) is 23.7 Å². The van der Waals surface area contributed by atoms with Gasteiger partial charge in [-0.3, -0.25) is 4.79 Å². The molecule has 0 aromatic carbocycles. The van der Waals surface area contributed by atoms with Crippen molar-refractivity contribution in [1.82, 2.24) is 0 Å². The third kappa shape index (κ3) is 2.42. The maximum Gasteiger partial charge on any atom is 0.160 e. The molecule has 0 N–H and O–H groups in total. The Labute approximate surface area is 109 Å². The van der Waals surface area contributed by atoms with Crippen LogP contribution in [0.4, 0.5) is 5.69 Å². The molecular formula is C13H13NOS2. The Morgan fingerprint density at radius 1 is 1.41 bits per heavy atom. The Morgan fingerprint density at radius 2 is 2.29 bits per heavy atom. The highest BCUT2D eigenvalue weighted by molar-refractivity contribution is 7.12. The fourth-order valence-electron chi connectivity index (χ4n) is 1.95. The van der Waals surface area contributed by atoms with Crippen molar-refractivity contribution in [3.05, 3.63) is 38.7 Å². The van der Waals surface area contributed by atoms with Gasteiger partial charge in [0.25, 0.3) is 0 Å². The van der Waals surface area contributed by atoms with Crippen LogP contribution in [0.3, 0.4) is 0 Å². The van der Waals surface area contributed by atoms with E-state index in [0.29, 0.717) is 6.04 Å². The van der Waals surface area contributed by atoms with Crippen LogP contribution in [0, 0.1) is 0 Å². The summed E-state index contributed by atoms with van der Waals surface area (Å²) in [4.78, 5) is 14.0. The SMILES string of the molecule is O=Cc1cc(N(Cc2ccsc2)C2CC2)cs1. The predicted octanol–water partition coefficient (Wildman–Crippen LogP) is 3.79. The van der Waals surface area contributed by atoms with Crippen molar-refractivity contribution in [2.24, 2.45) is 0 Å². The van der Waals surface area contributed by atoms with Gasteiger partial charge < -0.3 is 4.90 Å². The molecule has 0 aliphatic heterocycles. The summed E-state index contributed by atoms with van der Waals surface area (Å²) >= 11 is 3.27. The number of rotatable bonds is 5. The Morgan fingerprint density at radius 3 is 2.88 bits per heavy atom. The molecule has 88 valence electrons. The average molecular weight is 263 g/mol. The third-order valence-electron chi connectivity index (χ3n) is 2.97. The Hall–Kier alpha value is -1.13. The first-order chi connectivity index (χ1) is 8.36. The number of anilines is 1. The summed E-state index contributed by atoms with van der Waals surface area (Å²) in [5, 5.41) is 6.40. The molecule has 0 atom stereocenters. The van der Waals surface area contributed by atoms with Gasteiger partial charge in [-0.1, -0.05) is 0 Å². The number of thiophene rings is 2. The quantitative estimate of drug-likeness (QED) is 0.765. The van der Waals surface area contributed by atoms with E-state index in [1.807, 2.05) is 6.07 Å². The summed E-state index contributed by atoms with van der Waals surface area (Å²) in [6.07, 6.45) is 3.48. The molecule has 17 heavy (non-hydrogen) atoms. The predicted molar refractivity (Wildman–Crippen MR) is 73.2 cm³/mol. The van der Waals surface area contributed by atoms with E-state index < -0.39 is 0 Å². The van der Waals surface area contributed by atoms with Gasteiger partial charge in [-0.2, -0.15) is 11.3 Å². The van der Waals surface area contributed by atoms with Crippen LogP contribution in [0.1, 0.15) is 28.1 Å². The van der Waals surface area contributed by atoms with Gasteiger partial charge in [0.15, 0.2) is 6.29 Å². The van der Waals surface area contributed by atoms with Crippen molar-refractivity contribution in [3.8, 4) is 0 Å². The molecule has 3 rings (SSSR count). The second-order valence-corrected chi connectivity index (χ2v) is 6.04. The Bertz CT molecular complexity index is 499. The first-order valence-electron chi connectivity index (χ1n) is 5.68. The van der Waals surface area contributed by atoms with Gasteiger partial charge in [-0.05, 0) is 41.3 Å². The van der Waals surface area contributed by atoms with E-state index in [9.17, 15) is 4.79 Å². The molecule has 1 fully saturated rings. The summed E-state index contributed by atoms with van der Waals surface area (Å²) < 4.78 is 0. The van der Waals surface area contributed by atoms with E-state index in [1.165, 1.54) is 35.4 Å². The van der Waals surface area contributed by atoms with Crippen molar-refractivity contribution in [3.63, 3.8) is 0 Å². The number of aldehydes is 1. The van der Waals surface area contributed by atoms with Crippen LogP contribution in [-0.4, -0.2) is 12.3 Å². The molecule has 1 aliphatic carbocycles. The maximum atomic E-state index is 10.7. The standard InChI is InChI=1S/C13H13NOS2/c15-7-13-5-12(9-17-13)14(11-1-2-11)6-10-3-4-16-8-10/h3-5,7-9,11H,1-2,6H2. The molecule has 0 unspecified atom stereocenters. The van der Waals surface area contributed by atoms with Gasteiger partial charge in [0.05, 0.1) is 4.88 Å². The van der Waals surface area contributed by atoms with Crippen molar-refractivity contribution in [2.75, 3.05) is 4.90 Å². The largest absolute Gasteiger partial charge is 0.363 e.